The summed E-state index contributed by atoms with van der Waals surface area (Å²) in [5.41, 5.74) is 11.8. The van der Waals surface area contributed by atoms with Crippen molar-refractivity contribution in [2.24, 2.45) is 16.5 Å². The zero-order valence-electron chi connectivity index (χ0n) is 9.36. The van der Waals surface area contributed by atoms with Crippen molar-refractivity contribution in [3.8, 4) is 0 Å². The number of nitrogens with zero attached hydrogens (tertiary/aromatic N) is 2. The number of amidine groups is 1. The normalized spacial score (nSPS) is 29.1. The van der Waals surface area contributed by atoms with Crippen LogP contribution in [-0.2, 0) is 0 Å². The fraction of sp³-hybridized carbons (Fsp3) is 0.909. The molecular formula is C11H22N4. The van der Waals surface area contributed by atoms with E-state index in [9.17, 15) is 0 Å². The van der Waals surface area contributed by atoms with Gasteiger partial charge in [-0.05, 0) is 19.3 Å². The van der Waals surface area contributed by atoms with E-state index in [0.29, 0.717) is 12.6 Å². The molecule has 4 N–H and O–H groups in total. The Labute approximate surface area is 91.7 Å². The first-order valence-corrected chi connectivity index (χ1v) is 6.08. The van der Waals surface area contributed by atoms with Crippen LogP contribution < -0.4 is 11.5 Å². The molecule has 0 spiro atoms. The highest BCUT2D eigenvalue weighted by atomic mass is 15.2. The van der Waals surface area contributed by atoms with Crippen molar-refractivity contribution < 1.29 is 0 Å². The van der Waals surface area contributed by atoms with E-state index in [1.807, 2.05) is 0 Å². The van der Waals surface area contributed by atoms with Gasteiger partial charge in [0.2, 0.25) is 0 Å². The molecule has 1 fully saturated rings. The van der Waals surface area contributed by atoms with Crippen LogP contribution in [0.15, 0.2) is 4.99 Å². The van der Waals surface area contributed by atoms with Crippen LogP contribution in [0, 0.1) is 0 Å². The molecule has 0 bridgehead atoms. The largest absolute Gasteiger partial charge is 0.356 e. The standard InChI is InChI=1S/C11H22N4/c12-8-9(13)10-4-1-2-5-11-14-6-3-7-15(10)11/h9-10H,1-8,12-13H2. The van der Waals surface area contributed by atoms with Crippen LogP contribution in [0.3, 0.4) is 0 Å². The molecule has 2 rings (SSSR count). The van der Waals surface area contributed by atoms with Gasteiger partial charge in [-0.2, -0.15) is 0 Å². The lowest BCUT2D eigenvalue weighted by molar-refractivity contribution is 0.250. The number of rotatable bonds is 2. The molecular weight excluding hydrogens is 188 g/mol. The Hall–Kier alpha value is -0.610. The fourth-order valence-corrected chi connectivity index (χ4v) is 2.64. The maximum atomic E-state index is 6.10. The second kappa shape index (κ2) is 4.94. The zero-order valence-corrected chi connectivity index (χ0v) is 9.36. The van der Waals surface area contributed by atoms with Gasteiger partial charge in [-0.25, -0.2) is 0 Å². The minimum Gasteiger partial charge on any atom is -0.356 e. The summed E-state index contributed by atoms with van der Waals surface area (Å²) in [7, 11) is 0. The van der Waals surface area contributed by atoms with Gasteiger partial charge >= 0.3 is 0 Å². The van der Waals surface area contributed by atoms with Crippen LogP contribution in [0.1, 0.15) is 32.1 Å². The molecule has 2 unspecified atom stereocenters. The maximum Gasteiger partial charge on any atom is 0.0991 e. The summed E-state index contributed by atoms with van der Waals surface area (Å²) >= 11 is 0. The van der Waals surface area contributed by atoms with Gasteiger partial charge in [0.15, 0.2) is 0 Å². The summed E-state index contributed by atoms with van der Waals surface area (Å²) in [5.74, 6) is 1.28. The van der Waals surface area contributed by atoms with Crippen molar-refractivity contribution in [2.75, 3.05) is 19.6 Å². The summed E-state index contributed by atoms with van der Waals surface area (Å²) in [4.78, 5) is 7.05. The van der Waals surface area contributed by atoms with E-state index in [2.05, 4.69) is 9.89 Å². The lowest BCUT2D eigenvalue weighted by Gasteiger charge is -2.37. The van der Waals surface area contributed by atoms with Crippen LogP contribution in [0.5, 0.6) is 0 Å². The summed E-state index contributed by atoms with van der Waals surface area (Å²) in [6.07, 6.45) is 5.99. The van der Waals surface area contributed by atoms with Crippen LogP contribution in [0.2, 0.25) is 0 Å². The molecule has 2 atom stereocenters. The summed E-state index contributed by atoms with van der Waals surface area (Å²) < 4.78 is 0. The van der Waals surface area contributed by atoms with Crippen LogP contribution in [-0.4, -0.2) is 42.5 Å². The van der Waals surface area contributed by atoms with Crippen molar-refractivity contribution in [1.29, 1.82) is 0 Å². The highest BCUT2D eigenvalue weighted by Crippen LogP contribution is 2.22. The second-order valence-corrected chi connectivity index (χ2v) is 4.56. The molecule has 0 radical (unpaired) electrons. The van der Waals surface area contributed by atoms with Crippen molar-refractivity contribution >= 4 is 5.84 Å². The lowest BCUT2D eigenvalue weighted by atomic mass is 10.0. The van der Waals surface area contributed by atoms with E-state index in [1.54, 1.807) is 0 Å². The fourth-order valence-electron chi connectivity index (χ4n) is 2.64. The van der Waals surface area contributed by atoms with E-state index < -0.39 is 0 Å². The summed E-state index contributed by atoms with van der Waals surface area (Å²) in [6, 6.07) is 0.531. The number of nitrogens with two attached hydrogens (primary N) is 2. The minimum atomic E-state index is 0.103. The van der Waals surface area contributed by atoms with Crippen molar-refractivity contribution in [3.05, 3.63) is 0 Å². The molecule has 2 aliphatic rings. The predicted molar refractivity (Wildman–Crippen MR) is 62.9 cm³/mol. The number of fused-ring (bicyclic) bond motifs is 1. The number of hydrogen-bond acceptors (Lipinski definition) is 4. The van der Waals surface area contributed by atoms with Gasteiger partial charge in [0.25, 0.3) is 0 Å². The highest BCUT2D eigenvalue weighted by molar-refractivity contribution is 5.83. The molecule has 86 valence electrons. The molecule has 2 heterocycles. The third-order valence-corrected chi connectivity index (χ3v) is 3.50. The molecule has 1 saturated heterocycles. The van der Waals surface area contributed by atoms with Gasteiger partial charge in [0.1, 0.15) is 0 Å². The molecule has 2 aliphatic heterocycles. The number of aliphatic imine (C=N–C) groups is 1. The Morgan fingerprint density at radius 3 is 3.07 bits per heavy atom. The molecule has 0 saturated carbocycles. The minimum absolute atomic E-state index is 0.103. The first kappa shape index (κ1) is 10.9. The third kappa shape index (κ3) is 2.32. The lowest BCUT2D eigenvalue weighted by Crippen LogP contribution is -2.53. The van der Waals surface area contributed by atoms with E-state index >= 15 is 0 Å². The monoisotopic (exact) mass is 210 g/mol. The zero-order chi connectivity index (χ0) is 10.7. The smallest absolute Gasteiger partial charge is 0.0991 e. The van der Waals surface area contributed by atoms with Crippen molar-refractivity contribution in [1.82, 2.24) is 4.90 Å². The maximum absolute atomic E-state index is 6.10. The SMILES string of the molecule is NCC(N)C1CCCCC2=NCCCN21. The number of hydrogen-bond donors (Lipinski definition) is 2. The Morgan fingerprint density at radius 1 is 1.40 bits per heavy atom. The summed E-state index contributed by atoms with van der Waals surface area (Å²) in [6.45, 7) is 2.70. The third-order valence-electron chi connectivity index (χ3n) is 3.50. The van der Waals surface area contributed by atoms with E-state index in [1.165, 1.54) is 25.1 Å². The topological polar surface area (TPSA) is 67.6 Å². The first-order valence-electron chi connectivity index (χ1n) is 6.08. The molecule has 0 aliphatic carbocycles. The molecule has 0 amide bonds. The second-order valence-electron chi connectivity index (χ2n) is 4.56. The predicted octanol–water partition coefficient (Wildman–Crippen LogP) is 0.319. The van der Waals surface area contributed by atoms with Gasteiger partial charge in [-0.1, -0.05) is 6.42 Å². The van der Waals surface area contributed by atoms with E-state index in [4.69, 9.17) is 11.5 Å². The Bertz CT molecular complexity index is 239. The Balaban J connectivity index is 2.14. The quantitative estimate of drug-likeness (QED) is 0.689. The van der Waals surface area contributed by atoms with Crippen molar-refractivity contribution in [3.63, 3.8) is 0 Å². The average Bonchev–Trinajstić information content (AvgIpc) is 2.50. The van der Waals surface area contributed by atoms with Gasteiger partial charge in [0.05, 0.1) is 5.84 Å². The summed E-state index contributed by atoms with van der Waals surface area (Å²) in [5, 5.41) is 0. The molecule has 0 aromatic rings. The van der Waals surface area contributed by atoms with Gasteiger partial charge < -0.3 is 16.4 Å². The Morgan fingerprint density at radius 2 is 2.27 bits per heavy atom. The molecule has 0 aromatic carbocycles. The van der Waals surface area contributed by atoms with Crippen LogP contribution in [0.25, 0.3) is 0 Å². The molecule has 0 aromatic heterocycles. The Kier molecular flexibility index (Phi) is 3.59. The first-order chi connectivity index (χ1) is 7.33. The van der Waals surface area contributed by atoms with Crippen LogP contribution >= 0.6 is 0 Å². The molecule has 15 heavy (non-hydrogen) atoms. The highest BCUT2D eigenvalue weighted by Gasteiger charge is 2.29. The van der Waals surface area contributed by atoms with Crippen molar-refractivity contribution in [2.45, 2.75) is 44.2 Å². The van der Waals surface area contributed by atoms with Crippen LogP contribution in [0.4, 0.5) is 0 Å². The van der Waals surface area contributed by atoms with Gasteiger partial charge in [0, 0.05) is 38.1 Å². The molecule has 4 nitrogen and oxygen atoms in total. The average molecular weight is 210 g/mol. The van der Waals surface area contributed by atoms with Gasteiger partial charge in [-0.3, -0.25) is 4.99 Å². The van der Waals surface area contributed by atoms with E-state index in [0.717, 1.165) is 25.9 Å². The van der Waals surface area contributed by atoms with Gasteiger partial charge in [-0.15, -0.1) is 0 Å². The molecule has 4 heteroatoms. The van der Waals surface area contributed by atoms with E-state index in [-0.39, 0.29) is 6.04 Å².